The van der Waals surface area contributed by atoms with Crippen molar-refractivity contribution in [2.45, 2.75) is 45.3 Å². The molecule has 1 atom stereocenters. The summed E-state index contributed by atoms with van der Waals surface area (Å²) >= 11 is 5.77. The first kappa shape index (κ1) is 21.5. The smallest absolute Gasteiger partial charge is 0.384 e. The van der Waals surface area contributed by atoms with Crippen LogP contribution in [-0.4, -0.2) is 29.8 Å². The lowest BCUT2D eigenvalue weighted by atomic mass is 9.91. The first-order valence-corrected chi connectivity index (χ1v) is 9.24. The third-order valence-electron chi connectivity index (χ3n) is 3.13. The van der Waals surface area contributed by atoms with Crippen LogP contribution < -0.4 is 0 Å². The standard InChI is InChI=1S/C15H22ClF2O5P/c1-5-21-24(20,22-6-2)23-13(15(17,18)14(3,4)19)11-7-9-12(16)10-8-11/h7-10,13,19H,5-6H2,1-4H3. The third-order valence-corrected chi connectivity index (χ3v) is 5.00. The van der Waals surface area contributed by atoms with Crippen LogP contribution in [0.1, 0.15) is 39.4 Å². The summed E-state index contributed by atoms with van der Waals surface area (Å²) in [6, 6.07) is 5.38. The van der Waals surface area contributed by atoms with E-state index in [4.69, 9.17) is 25.2 Å². The van der Waals surface area contributed by atoms with Crippen molar-refractivity contribution >= 4 is 19.4 Å². The zero-order chi connectivity index (χ0) is 18.6. The zero-order valence-electron chi connectivity index (χ0n) is 14.0. The van der Waals surface area contributed by atoms with E-state index in [9.17, 15) is 18.5 Å². The molecule has 0 radical (unpaired) electrons. The lowest BCUT2D eigenvalue weighted by molar-refractivity contribution is -0.215. The van der Waals surface area contributed by atoms with Crippen LogP contribution in [-0.2, 0) is 18.1 Å². The van der Waals surface area contributed by atoms with Gasteiger partial charge in [-0.2, -0.15) is 0 Å². The van der Waals surface area contributed by atoms with Crippen LogP contribution in [0.3, 0.4) is 0 Å². The topological polar surface area (TPSA) is 65.0 Å². The summed E-state index contributed by atoms with van der Waals surface area (Å²) in [5.41, 5.74) is -2.47. The molecular weight excluding hydrogens is 365 g/mol. The van der Waals surface area contributed by atoms with Gasteiger partial charge in [-0.3, -0.25) is 13.6 Å². The number of halogens is 3. The quantitative estimate of drug-likeness (QED) is 0.606. The molecule has 0 heterocycles. The van der Waals surface area contributed by atoms with Crippen molar-refractivity contribution in [2.24, 2.45) is 0 Å². The molecule has 1 unspecified atom stereocenters. The molecule has 1 aromatic rings. The Morgan fingerprint density at radius 2 is 1.62 bits per heavy atom. The maximum atomic E-state index is 14.8. The Kier molecular flexibility index (Phi) is 7.35. The second-order valence-electron chi connectivity index (χ2n) is 5.50. The van der Waals surface area contributed by atoms with Gasteiger partial charge in [-0.25, -0.2) is 13.3 Å². The lowest BCUT2D eigenvalue weighted by Gasteiger charge is -2.36. The minimum absolute atomic E-state index is 0.0221. The fraction of sp³-hybridized carbons (Fsp3) is 0.600. The van der Waals surface area contributed by atoms with E-state index < -0.39 is 25.5 Å². The van der Waals surface area contributed by atoms with E-state index in [1.54, 1.807) is 0 Å². The molecule has 0 aliphatic carbocycles. The number of rotatable bonds is 9. The predicted molar refractivity (Wildman–Crippen MR) is 87.4 cm³/mol. The first-order valence-electron chi connectivity index (χ1n) is 7.40. The molecule has 0 fully saturated rings. The van der Waals surface area contributed by atoms with E-state index >= 15 is 0 Å². The molecule has 1 aromatic carbocycles. The molecule has 0 aliphatic rings. The summed E-state index contributed by atoms with van der Waals surface area (Å²) in [6.45, 7) is 4.81. The minimum atomic E-state index is -4.24. The average Bonchev–Trinajstić information content (AvgIpc) is 2.45. The van der Waals surface area contributed by atoms with E-state index in [2.05, 4.69) is 0 Å². The Hall–Kier alpha value is -0.560. The largest absolute Gasteiger partial charge is 0.475 e. The van der Waals surface area contributed by atoms with Gasteiger partial charge in [0.05, 0.1) is 13.2 Å². The monoisotopic (exact) mass is 386 g/mol. The van der Waals surface area contributed by atoms with Crippen molar-refractivity contribution in [3.63, 3.8) is 0 Å². The highest BCUT2D eigenvalue weighted by Crippen LogP contribution is 2.57. The maximum Gasteiger partial charge on any atom is 0.475 e. The van der Waals surface area contributed by atoms with Crippen LogP contribution >= 0.6 is 19.4 Å². The summed E-state index contributed by atoms with van der Waals surface area (Å²) in [7, 11) is -4.24. The normalized spacial score (nSPS) is 14.7. The summed E-state index contributed by atoms with van der Waals surface area (Å²) in [5, 5.41) is 10.2. The van der Waals surface area contributed by atoms with Gasteiger partial charge in [0.15, 0.2) is 6.10 Å². The van der Waals surface area contributed by atoms with Gasteiger partial charge in [-0.05, 0) is 45.4 Å². The molecule has 0 saturated carbocycles. The van der Waals surface area contributed by atoms with E-state index in [0.29, 0.717) is 5.02 Å². The number of phosphoric acid groups is 1. The number of hydrogen-bond donors (Lipinski definition) is 1. The molecule has 1 N–H and O–H groups in total. The number of hydrogen-bond acceptors (Lipinski definition) is 5. The number of aliphatic hydroxyl groups is 1. The van der Waals surface area contributed by atoms with Crippen LogP contribution in [0.2, 0.25) is 5.02 Å². The van der Waals surface area contributed by atoms with Gasteiger partial charge in [0.25, 0.3) is 0 Å². The van der Waals surface area contributed by atoms with Crippen LogP contribution in [0.15, 0.2) is 24.3 Å². The van der Waals surface area contributed by atoms with Crippen molar-refractivity contribution in [3.8, 4) is 0 Å². The summed E-state index contributed by atoms with van der Waals surface area (Å²) in [5.74, 6) is -3.79. The molecule has 138 valence electrons. The highest BCUT2D eigenvalue weighted by atomic mass is 35.5. The summed E-state index contributed by atoms with van der Waals surface area (Å²) in [4.78, 5) is 0. The van der Waals surface area contributed by atoms with Gasteiger partial charge in [0, 0.05) is 5.02 Å². The van der Waals surface area contributed by atoms with Gasteiger partial charge in [-0.15, -0.1) is 0 Å². The molecule has 9 heteroatoms. The van der Waals surface area contributed by atoms with Crippen LogP contribution in [0.5, 0.6) is 0 Å². The zero-order valence-corrected chi connectivity index (χ0v) is 15.6. The molecule has 0 aromatic heterocycles. The fourth-order valence-corrected chi connectivity index (χ4v) is 3.31. The van der Waals surface area contributed by atoms with Crippen molar-refractivity contribution in [1.29, 1.82) is 0 Å². The average molecular weight is 387 g/mol. The Bertz CT molecular complexity index is 564. The Balaban J connectivity index is 3.33. The van der Waals surface area contributed by atoms with Gasteiger partial charge < -0.3 is 5.11 Å². The number of phosphoric ester groups is 1. The lowest BCUT2D eigenvalue weighted by Crippen LogP contribution is -2.48. The molecule has 1 rings (SSSR count). The van der Waals surface area contributed by atoms with Gasteiger partial charge in [0.2, 0.25) is 0 Å². The first-order chi connectivity index (χ1) is 11.0. The van der Waals surface area contributed by atoms with Crippen molar-refractivity contribution < 1.29 is 32.0 Å². The van der Waals surface area contributed by atoms with Crippen LogP contribution in [0.4, 0.5) is 8.78 Å². The fourth-order valence-electron chi connectivity index (χ4n) is 1.84. The third kappa shape index (κ3) is 5.22. The van der Waals surface area contributed by atoms with Crippen LogP contribution in [0.25, 0.3) is 0 Å². The maximum absolute atomic E-state index is 14.8. The number of alkyl halides is 2. The Labute approximate surface area is 145 Å². The molecule has 5 nitrogen and oxygen atoms in total. The van der Waals surface area contributed by atoms with E-state index in [0.717, 1.165) is 13.8 Å². The molecule has 0 aliphatic heterocycles. The molecule has 0 amide bonds. The SMILES string of the molecule is CCOP(=O)(OCC)OC(c1ccc(Cl)cc1)C(F)(F)C(C)(C)O. The summed E-state index contributed by atoms with van der Waals surface area (Å²) in [6.07, 6.45) is -2.06. The Morgan fingerprint density at radius 3 is 2.00 bits per heavy atom. The Morgan fingerprint density at radius 1 is 1.17 bits per heavy atom. The molecule has 24 heavy (non-hydrogen) atoms. The van der Waals surface area contributed by atoms with Gasteiger partial charge >= 0.3 is 13.7 Å². The molecule has 0 bridgehead atoms. The van der Waals surface area contributed by atoms with Gasteiger partial charge in [0.1, 0.15) is 5.60 Å². The van der Waals surface area contributed by atoms with E-state index in [1.165, 1.54) is 38.1 Å². The van der Waals surface area contributed by atoms with E-state index in [1.807, 2.05) is 0 Å². The highest BCUT2D eigenvalue weighted by molar-refractivity contribution is 7.48. The second-order valence-corrected chi connectivity index (χ2v) is 7.56. The predicted octanol–water partition coefficient (Wildman–Crippen LogP) is 4.99. The molecule has 0 saturated heterocycles. The van der Waals surface area contributed by atoms with Crippen molar-refractivity contribution in [1.82, 2.24) is 0 Å². The van der Waals surface area contributed by atoms with Gasteiger partial charge in [-0.1, -0.05) is 23.7 Å². The van der Waals surface area contributed by atoms with Crippen LogP contribution in [0, 0.1) is 0 Å². The summed E-state index contributed by atoms with van der Waals surface area (Å²) < 4.78 is 57.0. The van der Waals surface area contributed by atoms with Crippen molar-refractivity contribution in [2.75, 3.05) is 13.2 Å². The minimum Gasteiger partial charge on any atom is -0.384 e. The molecular formula is C15H22ClF2O5P. The highest BCUT2D eigenvalue weighted by Gasteiger charge is 2.56. The van der Waals surface area contributed by atoms with E-state index in [-0.39, 0.29) is 18.8 Å². The molecule has 0 spiro atoms. The van der Waals surface area contributed by atoms with Crippen molar-refractivity contribution in [3.05, 3.63) is 34.9 Å². The second kappa shape index (κ2) is 8.21. The number of benzene rings is 1.